The van der Waals surface area contributed by atoms with E-state index in [1.807, 2.05) is 0 Å². The number of aromatic nitrogens is 2. The Kier molecular flexibility index (Phi) is 4.27. The van der Waals surface area contributed by atoms with Gasteiger partial charge >= 0.3 is 0 Å². The second kappa shape index (κ2) is 6.14. The molecule has 0 saturated carbocycles. The van der Waals surface area contributed by atoms with Crippen molar-refractivity contribution in [1.82, 2.24) is 14.9 Å². The zero-order chi connectivity index (χ0) is 13.9. The normalized spacial score (nSPS) is 25.4. The highest BCUT2D eigenvalue weighted by Crippen LogP contribution is 2.31. The zero-order valence-corrected chi connectivity index (χ0v) is 12.6. The van der Waals surface area contributed by atoms with Crippen LogP contribution >= 0.6 is 0 Å². The Hall–Kier alpha value is -1.07. The number of nitrogens with one attached hydrogen (secondary N) is 1. The molecule has 0 aliphatic carbocycles. The van der Waals surface area contributed by atoms with E-state index in [4.69, 9.17) is 9.72 Å². The van der Waals surface area contributed by atoms with Crippen molar-refractivity contribution in [2.24, 2.45) is 5.92 Å². The summed E-state index contributed by atoms with van der Waals surface area (Å²) < 4.78 is 7.51. The van der Waals surface area contributed by atoms with Crippen molar-refractivity contribution in [3.8, 4) is 0 Å². The Morgan fingerprint density at radius 1 is 1.45 bits per heavy atom. The highest BCUT2D eigenvalue weighted by molar-refractivity contribution is 5.38. The third-order valence-electron chi connectivity index (χ3n) is 4.62. The van der Waals surface area contributed by atoms with Gasteiger partial charge in [-0.1, -0.05) is 6.92 Å². The van der Waals surface area contributed by atoms with E-state index in [1.54, 1.807) is 7.11 Å². The van der Waals surface area contributed by atoms with Gasteiger partial charge in [-0.15, -0.1) is 0 Å². The van der Waals surface area contributed by atoms with Crippen molar-refractivity contribution < 1.29 is 4.74 Å². The van der Waals surface area contributed by atoms with E-state index < -0.39 is 0 Å². The summed E-state index contributed by atoms with van der Waals surface area (Å²) in [5, 5.41) is 3.52. The van der Waals surface area contributed by atoms with Gasteiger partial charge in [0.1, 0.15) is 0 Å². The molecular weight excluding hydrogens is 252 g/mol. The van der Waals surface area contributed by atoms with Crippen LogP contribution in [0.3, 0.4) is 0 Å². The zero-order valence-electron chi connectivity index (χ0n) is 12.6. The Balaban J connectivity index is 1.78. The van der Waals surface area contributed by atoms with Gasteiger partial charge < -0.3 is 19.5 Å². The smallest absolute Gasteiger partial charge is 0.206 e. The minimum atomic E-state index is 0.642. The number of fused-ring (bicyclic) bond motifs is 1. The van der Waals surface area contributed by atoms with Crippen molar-refractivity contribution in [3.63, 3.8) is 0 Å². The number of hydrogen-bond acceptors (Lipinski definition) is 4. The average molecular weight is 278 g/mol. The summed E-state index contributed by atoms with van der Waals surface area (Å²) in [5.41, 5.74) is 1.20. The van der Waals surface area contributed by atoms with E-state index in [2.05, 4.69) is 27.9 Å². The lowest BCUT2D eigenvalue weighted by Gasteiger charge is -2.25. The van der Waals surface area contributed by atoms with Crippen LogP contribution in [0.25, 0.3) is 0 Å². The molecule has 2 atom stereocenters. The minimum Gasteiger partial charge on any atom is -0.385 e. The SMILES string of the molecule is CCc1cn(CCCOC)c(N2CC[C@H]3CNC[C@H]32)n1. The fraction of sp³-hybridized carbons (Fsp3) is 0.800. The summed E-state index contributed by atoms with van der Waals surface area (Å²) in [7, 11) is 1.77. The van der Waals surface area contributed by atoms with Gasteiger partial charge in [-0.3, -0.25) is 0 Å². The number of ether oxygens (including phenoxy) is 1. The van der Waals surface area contributed by atoms with Gasteiger partial charge in [-0.25, -0.2) is 4.98 Å². The molecule has 1 aromatic heterocycles. The molecule has 2 saturated heterocycles. The lowest BCUT2D eigenvalue weighted by atomic mass is 10.1. The summed E-state index contributed by atoms with van der Waals surface area (Å²) in [6, 6.07) is 0.642. The lowest BCUT2D eigenvalue weighted by molar-refractivity contribution is 0.190. The molecule has 5 nitrogen and oxygen atoms in total. The predicted molar refractivity (Wildman–Crippen MR) is 80.2 cm³/mol. The van der Waals surface area contributed by atoms with Gasteiger partial charge in [-0.05, 0) is 25.2 Å². The van der Waals surface area contributed by atoms with E-state index in [0.717, 1.165) is 45.0 Å². The highest BCUT2D eigenvalue weighted by Gasteiger charge is 2.39. The summed E-state index contributed by atoms with van der Waals surface area (Å²) in [6.45, 7) is 7.42. The second-order valence-electron chi connectivity index (χ2n) is 5.89. The van der Waals surface area contributed by atoms with Gasteiger partial charge in [0.05, 0.1) is 5.69 Å². The third-order valence-corrected chi connectivity index (χ3v) is 4.62. The molecule has 5 heteroatoms. The summed E-state index contributed by atoms with van der Waals surface area (Å²) >= 11 is 0. The molecule has 3 heterocycles. The number of rotatable bonds is 6. The number of methoxy groups -OCH3 is 1. The molecule has 0 unspecified atom stereocenters. The Morgan fingerprint density at radius 2 is 2.35 bits per heavy atom. The predicted octanol–water partition coefficient (Wildman–Crippen LogP) is 1.28. The van der Waals surface area contributed by atoms with Crippen molar-refractivity contribution in [2.45, 2.75) is 38.8 Å². The minimum absolute atomic E-state index is 0.642. The first kappa shape index (κ1) is 13.9. The van der Waals surface area contributed by atoms with E-state index in [-0.39, 0.29) is 0 Å². The van der Waals surface area contributed by atoms with Gasteiger partial charge in [0.2, 0.25) is 5.95 Å². The fourth-order valence-corrected chi connectivity index (χ4v) is 3.50. The van der Waals surface area contributed by atoms with Crippen molar-refractivity contribution >= 4 is 5.95 Å². The molecule has 0 amide bonds. The van der Waals surface area contributed by atoms with Gasteiger partial charge in [0, 0.05) is 52.1 Å². The largest absolute Gasteiger partial charge is 0.385 e. The van der Waals surface area contributed by atoms with E-state index in [0.29, 0.717) is 6.04 Å². The molecule has 0 spiro atoms. The molecule has 2 fully saturated rings. The third kappa shape index (κ3) is 2.56. The number of imidazole rings is 1. The van der Waals surface area contributed by atoms with Crippen LogP contribution in [0.5, 0.6) is 0 Å². The summed E-state index contributed by atoms with van der Waals surface area (Å²) in [4.78, 5) is 7.39. The topological polar surface area (TPSA) is 42.3 Å². The summed E-state index contributed by atoms with van der Waals surface area (Å²) in [6.07, 6.45) is 5.57. The maximum absolute atomic E-state index is 5.17. The molecule has 1 aromatic rings. The number of nitrogens with zero attached hydrogens (tertiary/aromatic N) is 3. The van der Waals surface area contributed by atoms with Crippen LogP contribution in [-0.2, 0) is 17.7 Å². The molecule has 2 aliphatic rings. The average Bonchev–Trinajstić information content (AvgIpc) is 3.12. The molecule has 20 heavy (non-hydrogen) atoms. The van der Waals surface area contributed by atoms with Crippen LogP contribution in [-0.4, -0.2) is 48.9 Å². The number of aryl methyl sites for hydroxylation is 2. The highest BCUT2D eigenvalue weighted by atomic mass is 16.5. The van der Waals surface area contributed by atoms with E-state index in [1.165, 1.54) is 24.6 Å². The first-order valence-electron chi connectivity index (χ1n) is 7.85. The van der Waals surface area contributed by atoms with Crippen molar-refractivity contribution in [3.05, 3.63) is 11.9 Å². The standard InChI is InChI=1S/C15H26N4O/c1-3-13-11-18(6-4-8-20-2)15(17-13)19-7-5-12-9-16-10-14(12)19/h11-12,14,16H,3-10H2,1-2H3/t12-,14+/m0/s1. The summed E-state index contributed by atoms with van der Waals surface area (Å²) in [5.74, 6) is 1.98. The van der Waals surface area contributed by atoms with Crippen molar-refractivity contribution in [2.75, 3.05) is 38.3 Å². The quantitative estimate of drug-likeness (QED) is 0.796. The molecule has 0 bridgehead atoms. The molecule has 1 N–H and O–H groups in total. The molecule has 0 aromatic carbocycles. The first-order valence-corrected chi connectivity index (χ1v) is 7.85. The fourth-order valence-electron chi connectivity index (χ4n) is 3.50. The van der Waals surface area contributed by atoms with Gasteiger partial charge in [0.15, 0.2) is 0 Å². The van der Waals surface area contributed by atoms with Crippen LogP contribution in [0, 0.1) is 5.92 Å². The van der Waals surface area contributed by atoms with E-state index >= 15 is 0 Å². The monoisotopic (exact) mass is 278 g/mol. The van der Waals surface area contributed by atoms with Crippen LogP contribution in [0.15, 0.2) is 6.20 Å². The molecular formula is C15H26N4O. The number of hydrogen-bond donors (Lipinski definition) is 1. The Bertz CT molecular complexity index is 445. The van der Waals surface area contributed by atoms with Gasteiger partial charge in [-0.2, -0.15) is 0 Å². The number of anilines is 1. The second-order valence-corrected chi connectivity index (χ2v) is 5.89. The molecule has 3 rings (SSSR count). The van der Waals surface area contributed by atoms with E-state index in [9.17, 15) is 0 Å². The maximum atomic E-state index is 5.17. The molecule has 112 valence electrons. The van der Waals surface area contributed by atoms with Gasteiger partial charge in [0.25, 0.3) is 0 Å². The van der Waals surface area contributed by atoms with Crippen molar-refractivity contribution in [1.29, 1.82) is 0 Å². The molecule has 2 aliphatic heterocycles. The molecule has 0 radical (unpaired) electrons. The maximum Gasteiger partial charge on any atom is 0.206 e. The van der Waals surface area contributed by atoms with Crippen LogP contribution in [0.1, 0.15) is 25.5 Å². The Morgan fingerprint density at radius 3 is 3.15 bits per heavy atom. The van der Waals surface area contributed by atoms with Crippen LogP contribution < -0.4 is 10.2 Å². The lowest BCUT2D eigenvalue weighted by Crippen LogP contribution is -2.36. The van der Waals surface area contributed by atoms with Crippen LogP contribution in [0.2, 0.25) is 0 Å². The van der Waals surface area contributed by atoms with Crippen LogP contribution in [0.4, 0.5) is 5.95 Å². The Labute approximate surface area is 121 Å². The first-order chi connectivity index (χ1) is 9.83.